The van der Waals surface area contributed by atoms with Gasteiger partial charge in [-0.05, 0) is 75.0 Å². The fourth-order valence-corrected chi connectivity index (χ4v) is 4.16. The maximum Gasteiger partial charge on any atom is 0.145 e. The van der Waals surface area contributed by atoms with E-state index >= 15 is 0 Å². The van der Waals surface area contributed by atoms with E-state index in [1.165, 1.54) is 10.9 Å². The van der Waals surface area contributed by atoms with Crippen LogP contribution in [0.4, 0.5) is 0 Å². The number of hydrogen-bond donors (Lipinski definition) is 2. The molecule has 0 unspecified atom stereocenters. The molecule has 29 heavy (non-hydrogen) atoms. The predicted molar refractivity (Wildman–Crippen MR) is 122 cm³/mol. The van der Waals surface area contributed by atoms with Gasteiger partial charge in [-0.1, -0.05) is 23.7 Å². The molecule has 0 aliphatic heterocycles. The van der Waals surface area contributed by atoms with Gasteiger partial charge in [0.05, 0.1) is 17.8 Å². The van der Waals surface area contributed by atoms with Gasteiger partial charge in [0.2, 0.25) is 0 Å². The zero-order valence-corrected chi connectivity index (χ0v) is 17.6. The average molecular weight is 408 g/mol. The molecule has 0 aliphatic carbocycles. The Labute approximate surface area is 176 Å². The number of halogens is 1. The van der Waals surface area contributed by atoms with Gasteiger partial charge >= 0.3 is 0 Å². The summed E-state index contributed by atoms with van der Waals surface area (Å²) in [6.07, 6.45) is 4.82. The normalized spacial score (nSPS) is 11.4. The predicted octanol–water partition coefficient (Wildman–Crippen LogP) is 6.03. The van der Waals surface area contributed by atoms with E-state index in [1.54, 1.807) is 0 Å². The topological polar surface area (TPSA) is 63.9 Å². The van der Waals surface area contributed by atoms with E-state index in [0.29, 0.717) is 13.2 Å². The molecule has 0 spiro atoms. The minimum atomic E-state index is 0.611. The van der Waals surface area contributed by atoms with Crippen molar-refractivity contribution in [2.24, 2.45) is 5.73 Å². The number of aromatic amines is 1. The van der Waals surface area contributed by atoms with Gasteiger partial charge in [0.1, 0.15) is 11.3 Å². The highest BCUT2D eigenvalue weighted by atomic mass is 35.5. The molecule has 0 saturated carbocycles. The Morgan fingerprint density at radius 2 is 1.97 bits per heavy atom. The molecule has 5 heteroatoms. The molecular weight excluding hydrogens is 382 g/mol. The van der Waals surface area contributed by atoms with Crippen LogP contribution in [-0.4, -0.2) is 23.1 Å². The van der Waals surface area contributed by atoms with Crippen molar-refractivity contribution in [2.45, 2.75) is 33.1 Å². The zero-order chi connectivity index (χ0) is 20.4. The van der Waals surface area contributed by atoms with Gasteiger partial charge in [-0.15, -0.1) is 0 Å². The fourth-order valence-electron chi connectivity index (χ4n) is 4.01. The van der Waals surface area contributed by atoms with Gasteiger partial charge in [-0.2, -0.15) is 0 Å². The minimum absolute atomic E-state index is 0.611. The molecule has 2 aromatic heterocycles. The number of unbranched alkanes of at least 4 members (excludes halogenated alkanes) is 1. The number of aryl methyl sites for hydroxylation is 2. The van der Waals surface area contributed by atoms with Crippen LogP contribution in [0.5, 0.6) is 5.75 Å². The molecule has 0 atom stereocenters. The fraction of sp³-hybridized carbons (Fsp3) is 0.292. The van der Waals surface area contributed by atoms with Crippen molar-refractivity contribution >= 4 is 33.4 Å². The first kappa shape index (κ1) is 19.7. The summed E-state index contributed by atoms with van der Waals surface area (Å²) in [5, 5.41) is 3.08. The lowest BCUT2D eigenvalue weighted by Crippen LogP contribution is -1.99. The lowest BCUT2D eigenvalue weighted by atomic mass is 9.97. The van der Waals surface area contributed by atoms with Crippen molar-refractivity contribution in [2.75, 3.05) is 13.2 Å². The highest BCUT2D eigenvalue weighted by Crippen LogP contribution is 2.39. The van der Waals surface area contributed by atoms with Crippen molar-refractivity contribution in [1.82, 2.24) is 9.97 Å². The second kappa shape index (κ2) is 8.44. The Balaban J connectivity index is 1.97. The molecule has 4 nitrogen and oxygen atoms in total. The molecule has 150 valence electrons. The van der Waals surface area contributed by atoms with Crippen LogP contribution in [-0.2, 0) is 6.42 Å². The number of nitrogens with zero attached hydrogens (tertiary/aromatic N) is 1. The van der Waals surface area contributed by atoms with E-state index < -0.39 is 0 Å². The van der Waals surface area contributed by atoms with Crippen LogP contribution in [0.15, 0.2) is 42.6 Å². The summed E-state index contributed by atoms with van der Waals surface area (Å²) >= 11 is 6.41. The van der Waals surface area contributed by atoms with Crippen LogP contribution in [0.1, 0.15) is 30.9 Å². The second-order valence-corrected chi connectivity index (χ2v) is 7.67. The number of nitrogens with two attached hydrogens (primary N) is 1. The van der Waals surface area contributed by atoms with E-state index in [-0.39, 0.29) is 0 Å². The Morgan fingerprint density at radius 3 is 2.76 bits per heavy atom. The van der Waals surface area contributed by atoms with Gasteiger partial charge in [0, 0.05) is 27.6 Å². The molecule has 0 fully saturated rings. The number of fused-ring (bicyclic) bond motifs is 2. The van der Waals surface area contributed by atoms with Crippen molar-refractivity contribution in [3.05, 3.63) is 58.7 Å². The molecule has 0 aliphatic rings. The first-order chi connectivity index (χ1) is 14.2. The number of rotatable bonds is 7. The molecule has 4 aromatic rings. The number of hydrogen-bond acceptors (Lipinski definition) is 3. The van der Waals surface area contributed by atoms with Gasteiger partial charge in [0.25, 0.3) is 0 Å². The monoisotopic (exact) mass is 407 g/mol. The number of nitrogens with one attached hydrogen (secondary N) is 1. The van der Waals surface area contributed by atoms with E-state index in [0.717, 1.165) is 63.3 Å². The first-order valence-corrected chi connectivity index (χ1v) is 10.5. The third-order valence-corrected chi connectivity index (χ3v) is 5.87. The highest BCUT2D eigenvalue weighted by Gasteiger charge is 2.18. The third-order valence-electron chi connectivity index (χ3n) is 5.46. The maximum atomic E-state index is 6.41. The van der Waals surface area contributed by atoms with Crippen molar-refractivity contribution < 1.29 is 4.74 Å². The molecule has 3 N–H and O–H groups in total. The maximum absolute atomic E-state index is 6.41. The number of H-pyrrole nitrogens is 1. The summed E-state index contributed by atoms with van der Waals surface area (Å²) in [4.78, 5) is 8.28. The number of pyridine rings is 1. The molecule has 0 amide bonds. The summed E-state index contributed by atoms with van der Waals surface area (Å²) < 4.78 is 5.81. The summed E-state index contributed by atoms with van der Waals surface area (Å²) in [7, 11) is 0. The van der Waals surface area contributed by atoms with Crippen LogP contribution >= 0.6 is 11.6 Å². The van der Waals surface area contributed by atoms with E-state index in [4.69, 9.17) is 22.1 Å². The van der Waals surface area contributed by atoms with E-state index in [1.807, 2.05) is 31.3 Å². The average Bonchev–Trinajstić information content (AvgIpc) is 3.10. The van der Waals surface area contributed by atoms with Crippen LogP contribution in [0.25, 0.3) is 33.1 Å². The van der Waals surface area contributed by atoms with Gasteiger partial charge in [-0.25, -0.2) is 0 Å². The van der Waals surface area contributed by atoms with Crippen LogP contribution in [0, 0.1) is 6.92 Å². The van der Waals surface area contributed by atoms with Crippen LogP contribution < -0.4 is 10.5 Å². The van der Waals surface area contributed by atoms with Crippen molar-refractivity contribution in [1.29, 1.82) is 0 Å². The SMILES string of the molecule is CCOc1ccc(-c2[nH]c3c(C)c(Cl)ccc3c2CCCCN)c2cccnc12. The number of ether oxygens (including phenoxy) is 1. The van der Waals surface area contributed by atoms with Crippen molar-refractivity contribution in [3.63, 3.8) is 0 Å². The lowest BCUT2D eigenvalue weighted by molar-refractivity contribution is 0.343. The summed E-state index contributed by atoms with van der Waals surface area (Å²) in [5.41, 5.74) is 12.4. The molecule has 2 heterocycles. The smallest absolute Gasteiger partial charge is 0.145 e. The summed E-state index contributed by atoms with van der Waals surface area (Å²) in [6.45, 7) is 5.37. The molecular formula is C24H26ClN3O. The lowest BCUT2D eigenvalue weighted by Gasteiger charge is -2.12. The van der Waals surface area contributed by atoms with E-state index in [2.05, 4.69) is 35.1 Å². The quantitative estimate of drug-likeness (QED) is 0.368. The molecule has 0 saturated heterocycles. The van der Waals surface area contributed by atoms with Gasteiger partial charge in [-0.3, -0.25) is 4.98 Å². The Morgan fingerprint density at radius 1 is 1.10 bits per heavy atom. The third kappa shape index (κ3) is 3.59. The minimum Gasteiger partial charge on any atom is -0.492 e. The standard InChI is InChI=1S/C24H26ClN3O/c1-3-29-21-12-10-19(17-8-6-14-27-24(17)21)23-16(7-4-5-13-26)18-9-11-20(25)15(2)22(18)28-23/h6,8-12,14,28H,3-5,7,13,26H2,1-2H3. The van der Waals surface area contributed by atoms with E-state index in [9.17, 15) is 0 Å². The Kier molecular flexibility index (Phi) is 5.74. The van der Waals surface area contributed by atoms with Crippen LogP contribution in [0.3, 0.4) is 0 Å². The Hall–Kier alpha value is -2.56. The first-order valence-electron chi connectivity index (χ1n) is 10.2. The molecule has 2 aromatic carbocycles. The molecule has 0 bridgehead atoms. The highest BCUT2D eigenvalue weighted by molar-refractivity contribution is 6.32. The summed E-state index contributed by atoms with van der Waals surface area (Å²) in [6, 6.07) is 12.3. The number of benzene rings is 2. The largest absolute Gasteiger partial charge is 0.492 e. The van der Waals surface area contributed by atoms with Gasteiger partial charge < -0.3 is 15.5 Å². The van der Waals surface area contributed by atoms with Gasteiger partial charge in [0.15, 0.2) is 0 Å². The van der Waals surface area contributed by atoms with Crippen LogP contribution in [0.2, 0.25) is 5.02 Å². The van der Waals surface area contributed by atoms with Crippen molar-refractivity contribution in [3.8, 4) is 17.0 Å². The zero-order valence-electron chi connectivity index (χ0n) is 16.9. The number of aromatic nitrogens is 2. The second-order valence-electron chi connectivity index (χ2n) is 7.26. The summed E-state index contributed by atoms with van der Waals surface area (Å²) in [5.74, 6) is 0.812. The molecule has 0 radical (unpaired) electrons. The molecule has 4 rings (SSSR count). The Bertz CT molecular complexity index is 1170.